The van der Waals surface area contributed by atoms with E-state index in [1.54, 1.807) is 0 Å². The lowest BCUT2D eigenvalue weighted by Gasteiger charge is -2.12. The second-order valence-corrected chi connectivity index (χ2v) is 4.79. The number of nitrogens with one attached hydrogen (secondary N) is 1. The van der Waals surface area contributed by atoms with Gasteiger partial charge in [-0.25, -0.2) is 4.39 Å². The van der Waals surface area contributed by atoms with Crippen LogP contribution in [-0.4, -0.2) is 4.98 Å². The predicted octanol–water partition coefficient (Wildman–Crippen LogP) is 2.88. The first-order chi connectivity index (χ1) is 7.54. The van der Waals surface area contributed by atoms with E-state index < -0.39 is 0 Å². The third kappa shape index (κ3) is 1.73. The summed E-state index contributed by atoms with van der Waals surface area (Å²) in [5, 5.41) is 0.718. The summed E-state index contributed by atoms with van der Waals surface area (Å²) in [6.07, 6.45) is 0. The van der Waals surface area contributed by atoms with E-state index in [-0.39, 0.29) is 5.82 Å². The second-order valence-electron chi connectivity index (χ2n) is 3.63. The number of nitrogen functional groups attached to an aromatic ring is 1. The minimum absolute atomic E-state index is 0.279. The summed E-state index contributed by atoms with van der Waals surface area (Å²) in [6.45, 7) is 3.82. The lowest BCUT2D eigenvalue weighted by molar-refractivity contribution is 0.628. The van der Waals surface area contributed by atoms with E-state index in [9.17, 15) is 4.39 Å². The molecule has 3 N–H and O–H groups in total. The molecule has 1 aromatic heterocycles. The Hall–Kier alpha value is -0.950. The van der Waals surface area contributed by atoms with Gasteiger partial charge in [-0.15, -0.1) is 0 Å². The lowest BCUT2D eigenvalue weighted by atomic mass is 10.1. The molecule has 0 atom stereocenters. The van der Waals surface area contributed by atoms with Gasteiger partial charge in [-0.05, 0) is 54.1 Å². The molecule has 3 nitrogen and oxygen atoms in total. The van der Waals surface area contributed by atoms with Gasteiger partial charge in [0.2, 0.25) is 0 Å². The SMILES string of the molecule is Cc1nc2c(I)cc(F)cc2c(NN)c1C. The Morgan fingerprint density at radius 1 is 1.38 bits per heavy atom. The van der Waals surface area contributed by atoms with Crippen LogP contribution < -0.4 is 11.3 Å². The summed E-state index contributed by atoms with van der Waals surface area (Å²) in [6, 6.07) is 2.91. The first-order valence-electron chi connectivity index (χ1n) is 4.77. The van der Waals surface area contributed by atoms with Crippen LogP contribution in [0.3, 0.4) is 0 Å². The van der Waals surface area contributed by atoms with Crippen molar-refractivity contribution in [1.29, 1.82) is 0 Å². The van der Waals surface area contributed by atoms with Gasteiger partial charge in [-0.1, -0.05) is 0 Å². The van der Waals surface area contributed by atoms with Crippen LogP contribution >= 0.6 is 22.6 Å². The van der Waals surface area contributed by atoms with E-state index in [1.807, 2.05) is 13.8 Å². The van der Waals surface area contributed by atoms with Crippen LogP contribution in [0.15, 0.2) is 12.1 Å². The van der Waals surface area contributed by atoms with Gasteiger partial charge in [0.1, 0.15) is 5.82 Å². The number of hydrogen-bond donors (Lipinski definition) is 2. The van der Waals surface area contributed by atoms with Gasteiger partial charge in [-0.2, -0.15) is 0 Å². The maximum Gasteiger partial charge on any atom is 0.125 e. The molecule has 2 aromatic rings. The van der Waals surface area contributed by atoms with Gasteiger partial charge in [0.05, 0.1) is 11.2 Å². The number of nitrogens with two attached hydrogens (primary N) is 1. The molecule has 0 saturated carbocycles. The molecule has 0 aliphatic rings. The van der Waals surface area contributed by atoms with Crippen molar-refractivity contribution >= 4 is 39.2 Å². The molecule has 2 rings (SSSR count). The van der Waals surface area contributed by atoms with Gasteiger partial charge in [0, 0.05) is 14.7 Å². The number of fused-ring (bicyclic) bond motifs is 1. The summed E-state index contributed by atoms with van der Waals surface area (Å²) in [5.41, 5.74) is 5.97. The van der Waals surface area contributed by atoms with Crippen LogP contribution in [0.25, 0.3) is 10.9 Å². The highest BCUT2D eigenvalue weighted by atomic mass is 127. The largest absolute Gasteiger partial charge is 0.323 e. The Balaban J connectivity index is 2.96. The molecule has 1 heterocycles. The molecule has 16 heavy (non-hydrogen) atoms. The number of pyridine rings is 1. The topological polar surface area (TPSA) is 50.9 Å². The normalized spacial score (nSPS) is 10.8. The van der Waals surface area contributed by atoms with Crippen molar-refractivity contribution in [2.75, 3.05) is 5.43 Å². The summed E-state index contributed by atoms with van der Waals surface area (Å²) >= 11 is 2.07. The third-order valence-corrected chi connectivity index (χ3v) is 3.46. The molecule has 0 bridgehead atoms. The average Bonchev–Trinajstić information content (AvgIpc) is 2.22. The zero-order valence-corrected chi connectivity index (χ0v) is 11.1. The van der Waals surface area contributed by atoms with Gasteiger partial charge >= 0.3 is 0 Å². The van der Waals surface area contributed by atoms with Crippen LogP contribution in [0.2, 0.25) is 0 Å². The van der Waals surface area contributed by atoms with E-state index in [0.717, 1.165) is 31.4 Å². The predicted molar refractivity (Wildman–Crippen MR) is 71.7 cm³/mol. The fourth-order valence-corrected chi connectivity index (χ4v) is 2.40. The minimum atomic E-state index is -0.279. The number of benzene rings is 1. The van der Waals surface area contributed by atoms with Crippen molar-refractivity contribution in [2.45, 2.75) is 13.8 Å². The highest BCUT2D eigenvalue weighted by Crippen LogP contribution is 2.30. The standard InChI is InChI=1S/C11H11FIN3/c1-5-6(2)15-11-8(10(5)16-14)3-7(12)4-9(11)13/h3-4H,14H2,1-2H3,(H,15,16). The molecule has 0 fully saturated rings. The molecular weight excluding hydrogens is 320 g/mol. The van der Waals surface area contributed by atoms with Crippen LogP contribution in [0, 0.1) is 23.2 Å². The van der Waals surface area contributed by atoms with Crippen molar-refractivity contribution in [2.24, 2.45) is 5.84 Å². The molecule has 0 saturated heterocycles. The molecule has 0 unspecified atom stereocenters. The van der Waals surface area contributed by atoms with Crippen molar-refractivity contribution < 1.29 is 4.39 Å². The fraction of sp³-hybridized carbons (Fsp3) is 0.182. The van der Waals surface area contributed by atoms with E-state index in [1.165, 1.54) is 12.1 Å². The van der Waals surface area contributed by atoms with Gasteiger partial charge in [-0.3, -0.25) is 10.8 Å². The Kier molecular flexibility index (Phi) is 2.98. The molecular formula is C11H11FIN3. The van der Waals surface area contributed by atoms with Crippen LogP contribution in [0.5, 0.6) is 0 Å². The number of hydrogen-bond acceptors (Lipinski definition) is 3. The number of hydrazine groups is 1. The smallest absolute Gasteiger partial charge is 0.125 e. The summed E-state index contributed by atoms with van der Waals surface area (Å²) in [7, 11) is 0. The maximum atomic E-state index is 13.3. The Labute approximate surface area is 106 Å². The zero-order chi connectivity index (χ0) is 11.9. The monoisotopic (exact) mass is 331 g/mol. The third-order valence-electron chi connectivity index (χ3n) is 2.64. The van der Waals surface area contributed by atoms with E-state index in [4.69, 9.17) is 5.84 Å². The molecule has 1 aromatic carbocycles. The summed E-state index contributed by atoms with van der Waals surface area (Å²) in [4.78, 5) is 4.45. The summed E-state index contributed by atoms with van der Waals surface area (Å²) < 4.78 is 14.1. The number of rotatable bonds is 1. The quantitative estimate of drug-likeness (QED) is 0.480. The Bertz CT molecular complexity index is 569. The average molecular weight is 331 g/mol. The number of nitrogens with zero attached hydrogens (tertiary/aromatic N) is 1. The minimum Gasteiger partial charge on any atom is -0.323 e. The van der Waals surface area contributed by atoms with Crippen molar-refractivity contribution in [3.8, 4) is 0 Å². The number of aryl methyl sites for hydroxylation is 1. The Morgan fingerprint density at radius 2 is 2.06 bits per heavy atom. The Morgan fingerprint density at radius 3 is 2.69 bits per heavy atom. The van der Waals surface area contributed by atoms with Crippen molar-refractivity contribution in [3.05, 3.63) is 32.8 Å². The molecule has 0 aliphatic carbocycles. The number of anilines is 1. The molecule has 0 spiro atoms. The number of aromatic nitrogens is 1. The second kappa shape index (κ2) is 4.14. The van der Waals surface area contributed by atoms with E-state index >= 15 is 0 Å². The van der Waals surface area contributed by atoms with E-state index in [0.29, 0.717) is 0 Å². The highest BCUT2D eigenvalue weighted by molar-refractivity contribution is 14.1. The summed E-state index contributed by atoms with van der Waals surface area (Å²) in [5.74, 6) is 5.20. The highest BCUT2D eigenvalue weighted by Gasteiger charge is 2.11. The van der Waals surface area contributed by atoms with E-state index in [2.05, 4.69) is 33.0 Å². The first-order valence-corrected chi connectivity index (χ1v) is 5.85. The molecule has 5 heteroatoms. The molecule has 84 valence electrons. The van der Waals surface area contributed by atoms with Crippen LogP contribution in [0.1, 0.15) is 11.3 Å². The fourth-order valence-electron chi connectivity index (χ4n) is 1.69. The van der Waals surface area contributed by atoms with Gasteiger partial charge in [0.25, 0.3) is 0 Å². The first kappa shape index (κ1) is 11.5. The number of halogens is 2. The van der Waals surface area contributed by atoms with Crippen LogP contribution in [-0.2, 0) is 0 Å². The lowest BCUT2D eigenvalue weighted by Crippen LogP contribution is -2.10. The van der Waals surface area contributed by atoms with Crippen LogP contribution in [0.4, 0.5) is 10.1 Å². The maximum absolute atomic E-state index is 13.3. The molecule has 0 aliphatic heterocycles. The zero-order valence-electron chi connectivity index (χ0n) is 8.94. The molecule has 0 radical (unpaired) electrons. The van der Waals surface area contributed by atoms with Crippen molar-refractivity contribution in [1.82, 2.24) is 4.98 Å². The van der Waals surface area contributed by atoms with Gasteiger partial charge in [0.15, 0.2) is 0 Å². The van der Waals surface area contributed by atoms with Crippen molar-refractivity contribution in [3.63, 3.8) is 0 Å². The van der Waals surface area contributed by atoms with Gasteiger partial charge < -0.3 is 5.43 Å². The molecule has 0 amide bonds.